The number of rotatable bonds is 2. The Balaban J connectivity index is 2.49. The highest BCUT2D eigenvalue weighted by atomic mass is 35.5. The number of halogens is 8. The molecule has 2 rings (SSSR count). The molecule has 0 N–H and O–H groups in total. The third kappa shape index (κ3) is 3.22. The van der Waals surface area contributed by atoms with Crippen LogP contribution in [0.2, 0.25) is 15.1 Å². The van der Waals surface area contributed by atoms with Crippen molar-refractivity contribution in [3.8, 4) is 5.75 Å². The Labute approximate surface area is 140 Å². The first kappa shape index (κ1) is 17.8. The van der Waals surface area contributed by atoms with Crippen LogP contribution >= 0.6 is 34.8 Å². The van der Waals surface area contributed by atoms with E-state index in [4.69, 9.17) is 34.8 Å². The molecule has 10 heteroatoms. The lowest BCUT2D eigenvalue weighted by Gasteiger charge is -2.10. The number of hydrogen-bond donors (Lipinski definition) is 0. The monoisotopic (exact) mass is 390 g/mol. The van der Waals surface area contributed by atoms with Crippen LogP contribution < -0.4 is 4.74 Å². The lowest BCUT2D eigenvalue weighted by atomic mass is 10.1. The maximum Gasteiger partial charge on any atom is 0.349 e. The van der Waals surface area contributed by atoms with Gasteiger partial charge in [0.1, 0.15) is 5.56 Å². The van der Waals surface area contributed by atoms with Gasteiger partial charge in [0.2, 0.25) is 5.82 Å². The summed E-state index contributed by atoms with van der Waals surface area (Å²) in [6.45, 7) is 0. The van der Waals surface area contributed by atoms with Crippen LogP contribution in [0.1, 0.15) is 10.4 Å². The molecule has 122 valence electrons. The fourth-order valence-corrected chi connectivity index (χ4v) is 2.09. The van der Waals surface area contributed by atoms with Gasteiger partial charge in [-0.25, -0.2) is 26.7 Å². The van der Waals surface area contributed by atoms with E-state index in [1.165, 1.54) is 0 Å². The van der Waals surface area contributed by atoms with Gasteiger partial charge in [-0.1, -0.05) is 34.8 Å². The molecule has 2 nitrogen and oxygen atoms in total. The molecule has 0 fully saturated rings. The van der Waals surface area contributed by atoms with Gasteiger partial charge in [-0.3, -0.25) is 0 Å². The number of ether oxygens (including phenoxy) is 1. The first-order valence-electron chi connectivity index (χ1n) is 5.53. The Morgan fingerprint density at radius 2 is 1.17 bits per heavy atom. The summed E-state index contributed by atoms with van der Waals surface area (Å²) in [5, 5.41) is -0.388. The Morgan fingerprint density at radius 1 is 0.739 bits per heavy atom. The van der Waals surface area contributed by atoms with Gasteiger partial charge >= 0.3 is 5.97 Å². The van der Waals surface area contributed by atoms with Crippen molar-refractivity contribution in [2.75, 3.05) is 0 Å². The zero-order valence-electron chi connectivity index (χ0n) is 10.5. The fraction of sp³-hybridized carbons (Fsp3) is 0. The Kier molecular flexibility index (Phi) is 5.03. The molecule has 0 saturated heterocycles. The minimum Gasteiger partial charge on any atom is -0.421 e. The summed E-state index contributed by atoms with van der Waals surface area (Å²) in [5.74, 6) is -13.9. The Hall–Kier alpha value is -1.57. The van der Waals surface area contributed by atoms with E-state index in [0.29, 0.717) is 0 Å². The van der Waals surface area contributed by atoms with Gasteiger partial charge < -0.3 is 4.74 Å². The molecule has 0 amide bonds. The third-order valence-corrected chi connectivity index (χ3v) is 3.61. The summed E-state index contributed by atoms with van der Waals surface area (Å²) >= 11 is 17.0. The summed E-state index contributed by atoms with van der Waals surface area (Å²) in [6, 6.07) is 2.00. The van der Waals surface area contributed by atoms with Crippen LogP contribution in [0.25, 0.3) is 0 Å². The second-order valence-electron chi connectivity index (χ2n) is 4.03. The summed E-state index contributed by atoms with van der Waals surface area (Å²) in [6.07, 6.45) is 0. The van der Waals surface area contributed by atoms with Crippen LogP contribution in [0.4, 0.5) is 22.0 Å². The first-order chi connectivity index (χ1) is 10.6. The number of hydrogen-bond acceptors (Lipinski definition) is 2. The molecule has 0 spiro atoms. The van der Waals surface area contributed by atoms with Crippen LogP contribution in [0.3, 0.4) is 0 Å². The van der Waals surface area contributed by atoms with E-state index in [2.05, 4.69) is 4.74 Å². The largest absolute Gasteiger partial charge is 0.421 e. The minimum absolute atomic E-state index is 0.00676. The Morgan fingerprint density at radius 3 is 1.70 bits per heavy atom. The van der Waals surface area contributed by atoms with Gasteiger partial charge in [-0.05, 0) is 6.07 Å². The van der Waals surface area contributed by atoms with E-state index in [-0.39, 0.29) is 15.1 Å². The Bertz CT molecular complexity index is 797. The maximum atomic E-state index is 13.5. The van der Waals surface area contributed by atoms with Gasteiger partial charge in [0.25, 0.3) is 0 Å². The zero-order chi connectivity index (χ0) is 17.5. The normalized spacial score (nSPS) is 10.8. The van der Waals surface area contributed by atoms with E-state index >= 15 is 0 Å². The smallest absolute Gasteiger partial charge is 0.349 e. The quantitative estimate of drug-likeness (QED) is 0.220. The van der Waals surface area contributed by atoms with Crippen LogP contribution in [0, 0.1) is 29.1 Å². The van der Waals surface area contributed by atoms with E-state index in [1.54, 1.807) is 0 Å². The van der Waals surface area contributed by atoms with Crippen molar-refractivity contribution in [2.24, 2.45) is 0 Å². The molecule has 2 aromatic carbocycles. The molecule has 0 heterocycles. The number of benzene rings is 2. The van der Waals surface area contributed by atoms with Crippen molar-refractivity contribution in [1.82, 2.24) is 0 Å². The van der Waals surface area contributed by atoms with Gasteiger partial charge in [0.05, 0.1) is 15.1 Å². The average molecular weight is 392 g/mol. The van der Waals surface area contributed by atoms with Gasteiger partial charge in [-0.15, -0.1) is 0 Å². The molecule has 0 unspecified atom stereocenters. The molecular weight excluding hydrogens is 389 g/mol. The van der Waals surface area contributed by atoms with Crippen molar-refractivity contribution in [3.05, 3.63) is 61.9 Å². The van der Waals surface area contributed by atoms with Crippen molar-refractivity contribution >= 4 is 40.8 Å². The lowest BCUT2D eigenvalue weighted by Crippen LogP contribution is -2.17. The van der Waals surface area contributed by atoms with E-state index in [9.17, 15) is 26.7 Å². The standard InChI is InChI=1S/C13H2Cl3F5O2/c14-3-1-5(16)6(2-4(3)15)23-13(22)7-8(17)10(19)12(21)11(20)9(7)18/h1-2H. The highest BCUT2D eigenvalue weighted by molar-refractivity contribution is 6.43. The average Bonchev–Trinajstić information content (AvgIpc) is 2.49. The lowest BCUT2D eigenvalue weighted by molar-refractivity contribution is 0.0721. The highest BCUT2D eigenvalue weighted by Crippen LogP contribution is 2.34. The van der Waals surface area contributed by atoms with E-state index in [1.807, 2.05) is 0 Å². The third-order valence-electron chi connectivity index (χ3n) is 2.59. The molecule has 0 aliphatic heterocycles. The topological polar surface area (TPSA) is 26.3 Å². The summed E-state index contributed by atoms with van der Waals surface area (Å²) in [4.78, 5) is 11.7. The van der Waals surface area contributed by atoms with Crippen LogP contribution in [0.15, 0.2) is 12.1 Å². The molecule has 0 atom stereocenters. The molecule has 23 heavy (non-hydrogen) atoms. The molecule has 0 bridgehead atoms. The second kappa shape index (κ2) is 6.51. The number of carbonyl (C=O) groups is 1. The SMILES string of the molecule is O=C(Oc1cc(Cl)c(Cl)cc1Cl)c1c(F)c(F)c(F)c(F)c1F. The van der Waals surface area contributed by atoms with E-state index < -0.39 is 46.4 Å². The molecule has 2 aromatic rings. The summed E-state index contributed by atoms with van der Waals surface area (Å²) < 4.78 is 70.6. The molecular formula is C13H2Cl3F5O2. The molecule has 0 aliphatic carbocycles. The molecule has 0 radical (unpaired) electrons. The van der Waals surface area contributed by atoms with Crippen molar-refractivity contribution in [3.63, 3.8) is 0 Å². The van der Waals surface area contributed by atoms with Crippen molar-refractivity contribution in [1.29, 1.82) is 0 Å². The summed E-state index contributed by atoms with van der Waals surface area (Å²) in [5.41, 5.74) is -1.76. The van der Waals surface area contributed by atoms with Gasteiger partial charge in [0, 0.05) is 6.07 Å². The maximum absolute atomic E-state index is 13.5. The number of carbonyl (C=O) groups excluding carboxylic acids is 1. The summed E-state index contributed by atoms with van der Waals surface area (Å²) in [7, 11) is 0. The first-order valence-corrected chi connectivity index (χ1v) is 6.66. The minimum atomic E-state index is -2.40. The highest BCUT2D eigenvalue weighted by Gasteiger charge is 2.31. The van der Waals surface area contributed by atoms with Crippen molar-refractivity contribution in [2.45, 2.75) is 0 Å². The van der Waals surface area contributed by atoms with Gasteiger partial charge in [0.15, 0.2) is 29.0 Å². The van der Waals surface area contributed by atoms with E-state index in [0.717, 1.165) is 12.1 Å². The van der Waals surface area contributed by atoms with Gasteiger partial charge in [-0.2, -0.15) is 0 Å². The predicted molar refractivity (Wildman–Crippen MR) is 72.7 cm³/mol. The van der Waals surface area contributed by atoms with Crippen LogP contribution in [-0.2, 0) is 0 Å². The number of esters is 1. The van der Waals surface area contributed by atoms with Crippen LogP contribution in [0.5, 0.6) is 5.75 Å². The van der Waals surface area contributed by atoms with Crippen molar-refractivity contribution < 1.29 is 31.5 Å². The molecule has 0 aromatic heterocycles. The fourth-order valence-electron chi connectivity index (χ4n) is 1.52. The zero-order valence-corrected chi connectivity index (χ0v) is 12.8. The second-order valence-corrected chi connectivity index (χ2v) is 5.25. The van der Waals surface area contributed by atoms with Crippen LogP contribution in [-0.4, -0.2) is 5.97 Å². The molecule has 0 aliphatic rings. The molecule has 0 saturated carbocycles. The predicted octanol–water partition coefficient (Wildman–Crippen LogP) is 5.56.